The Morgan fingerprint density at radius 1 is 1.32 bits per heavy atom. The number of rotatable bonds is 5. The molecule has 0 saturated heterocycles. The van der Waals surface area contributed by atoms with Crippen LogP contribution in [-0.2, 0) is 6.54 Å². The van der Waals surface area contributed by atoms with Gasteiger partial charge in [-0.2, -0.15) is 0 Å². The van der Waals surface area contributed by atoms with Crippen molar-refractivity contribution >= 4 is 28.9 Å². The van der Waals surface area contributed by atoms with Gasteiger partial charge < -0.3 is 11.1 Å². The number of nitrogens with two attached hydrogens (primary N) is 1. The molecular formula is C14H11ClFN3O3. The molecule has 0 aliphatic carbocycles. The largest absolute Gasteiger partial charge is 0.378 e. The molecule has 3 N–H and O–H groups in total. The summed E-state index contributed by atoms with van der Waals surface area (Å²) >= 11 is 5.65. The summed E-state index contributed by atoms with van der Waals surface area (Å²) in [4.78, 5) is 21.5. The standard InChI is InChI=1S/C14H11ClFN3O3/c15-10-3-4-12(11(16)6-10)18-7-9-2-1-8(14(17)20)5-13(9)19(21)22/h1-6,18H,7H2,(H2,17,20). The lowest BCUT2D eigenvalue weighted by atomic mass is 10.1. The van der Waals surface area contributed by atoms with Gasteiger partial charge in [0.1, 0.15) is 5.82 Å². The second kappa shape index (κ2) is 6.40. The molecular weight excluding hydrogens is 313 g/mol. The molecule has 2 rings (SSSR count). The second-order valence-electron chi connectivity index (χ2n) is 4.44. The Hall–Kier alpha value is -2.67. The Balaban J connectivity index is 2.25. The van der Waals surface area contributed by atoms with Crippen molar-refractivity contribution < 1.29 is 14.1 Å². The highest BCUT2D eigenvalue weighted by Gasteiger charge is 2.16. The lowest BCUT2D eigenvalue weighted by molar-refractivity contribution is -0.385. The molecule has 0 atom stereocenters. The smallest absolute Gasteiger partial charge is 0.275 e. The fraction of sp³-hybridized carbons (Fsp3) is 0.0714. The first-order valence-electron chi connectivity index (χ1n) is 6.14. The van der Waals surface area contributed by atoms with Crippen LogP contribution in [0.2, 0.25) is 5.02 Å². The molecule has 0 fully saturated rings. The predicted molar refractivity (Wildman–Crippen MR) is 80.4 cm³/mol. The first-order valence-corrected chi connectivity index (χ1v) is 6.52. The van der Waals surface area contributed by atoms with Crippen molar-refractivity contribution in [3.8, 4) is 0 Å². The molecule has 0 saturated carbocycles. The Bertz CT molecular complexity index is 752. The van der Waals surface area contributed by atoms with E-state index in [1.165, 1.54) is 24.3 Å². The van der Waals surface area contributed by atoms with Gasteiger partial charge >= 0.3 is 0 Å². The van der Waals surface area contributed by atoms with E-state index in [4.69, 9.17) is 17.3 Å². The summed E-state index contributed by atoms with van der Waals surface area (Å²) in [6.45, 7) is 0.00784. The third-order valence-electron chi connectivity index (χ3n) is 2.97. The minimum absolute atomic E-state index is 0.00784. The second-order valence-corrected chi connectivity index (χ2v) is 4.88. The quantitative estimate of drug-likeness (QED) is 0.652. The van der Waals surface area contributed by atoms with Gasteiger partial charge in [-0.1, -0.05) is 11.6 Å². The average Bonchev–Trinajstić information content (AvgIpc) is 2.46. The van der Waals surface area contributed by atoms with Crippen LogP contribution in [0.5, 0.6) is 0 Å². The van der Waals surface area contributed by atoms with Crippen molar-refractivity contribution in [3.63, 3.8) is 0 Å². The minimum atomic E-state index is -0.758. The van der Waals surface area contributed by atoms with Gasteiger partial charge in [-0.25, -0.2) is 4.39 Å². The number of nitrogens with zero attached hydrogens (tertiary/aromatic N) is 1. The van der Waals surface area contributed by atoms with Crippen molar-refractivity contribution in [2.24, 2.45) is 5.73 Å². The zero-order chi connectivity index (χ0) is 16.3. The van der Waals surface area contributed by atoms with Gasteiger partial charge in [-0.05, 0) is 30.3 Å². The van der Waals surface area contributed by atoms with Crippen LogP contribution in [0.1, 0.15) is 15.9 Å². The summed E-state index contributed by atoms with van der Waals surface area (Å²) in [5, 5.41) is 14.0. The third-order valence-corrected chi connectivity index (χ3v) is 3.20. The van der Waals surface area contributed by atoms with Crippen molar-refractivity contribution in [1.29, 1.82) is 0 Å². The number of anilines is 1. The fourth-order valence-electron chi connectivity index (χ4n) is 1.86. The predicted octanol–water partition coefficient (Wildman–Crippen LogP) is 3.10. The van der Waals surface area contributed by atoms with Gasteiger partial charge in [0.2, 0.25) is 5.91 Å². The number of carbonyl (C=O) groups is 1. The Labute approximate surface area is 129 Å². The van der Waals surface area contributed by atoms with Gasteiger partial charge in [0.05, 0.1) is 10.6 Å². The molecule has 0 heterocycles. The van der Waals surface area contributed by atoms with Crippen molar-refractivity contribution in [3.05, 3.63) is 68.5 Å². The van der Waals surface area contributed by atoms with E-state index in [2.05, 4.69) is 5.32 Å². The van der Waals surface area contributed by atoms with Crippen LogP contribution in [0.25, 0.3) is 0 Å². The molecule has 2 aromatic carbocycles. The maximum absolute atomic E-state index is 13.6. The molecule has 1 amide bonds. The molecule has 2 aromatic rings. The molecule has 8 heteroatoms. The summed E-state index contributed by atoms with van der Waals surface area (Å²) in [6, 6.07) is 7.94. The van der Waals surface area contributed by atoms with Crippen molar-refractivity contribution in [1.82, 2.24) is 0 Å². The number of nitro groups is 1. The van der Waals surface area contributed by atoms with Gasteiger partial charge in [0.15, 0.2) is 0 Å². The molecule has 6 nitrogen and oxygen atoms in total. The maximum atomic E-state index is 13.6. The van der Waals surface area contributed by atoms with Crippen LogP contribution in [-0.4, -0.2) is 10.8 Å². The van der Waals surface area contributed by atoms with E-state index in [0.29, 0.717) is 5.56 Å². The molecule has 0 unspecified atom stereocenters. The van der Waals surface area contributed by atoms with E-state index in [1.54, 1.807) is 0 Å². The van der Waals surface area contributed by atoms with Crippen LogP contribution >= 0.6 is 11.6 Å². The number of hydrogen-bond acceptors (Lipinski definition) is 4. The molecule has 0 aliphatic heterocycles. The number of nitrogens with one attached hydrogen (secondary N) is 1. The molecule has 0 radical (unpaired) electrons. The minimum Gasteiger partial charge on any atom is -0.378 e. The third kappa shape index (κ3) is 3.50. The molecule has 114 valence electrons. The van der Waals surface area contributed by atoms with Crippen molar-refractivity contribution in [2.45, 2.75) is 6.54 Å². The van der Waals surface area contributed by atoms with E-state index in [9.17, 15) is 19.3 Å². The average molecular weight is 324 g/mol. The summed E-state index contributed by atoms with van der Waals surface area (Å²) in [5.41, 5.74) is 5.32. The van der Waals surface area contributed by atoms with Gasteiger partial charge in [0.25, 0.3) is 5.69 Å². The highest BCUT2D eigenvalue weighted by atomic mass is 35.5. The number of hydrogen-bond donors (Lipinski definition) is 2. The summed E-state index contributed by atoms with van der Waals surface area (Å²) in [7, 11) is 0. The first-order chi connectivity index (χ1) is 10.4. The van der Waals surface area contributed by atoms with Gasteiger partial charge in [-0.15, -0.1) is 0 Å². The van der Waals surface area contributed by atoms with E-state index in [-0.39, 0.29) is 28.5 Å². The maximum Gasteiger partial charge on any atom is 0.275 e. The topological polar surface area (TPSA) is 98.3 Å². The number of nitro benzene ring substituents is 1. The van der Waals surface area contributed by atoms with E-state index >= 15 is 0 Å². The summed E-state index contributed by atoms with van der Waals surface area (Å²) in [6.07, 6.45) is 0. The zero-order valence-corrected chi connectivity index (χ0v) is 11.9. The van der Waals surface area contributed by atoms with Crippen LogP contribution in [0, 0.1) is 15.9 Å². The van der Waals surface area contributed by atoms with E-state index in [0.717, 1.165) is 12.1 Å². The van der Waals surface area contributed by atoms with Crippen molar-refractivity contribution in [2.75, 3.05) is 5.32 Å². The molecule has 0 spiro atoms. The molecule has 0 aromatic heterocycles. The number of benzene rings is 2. The Morgan fingerprint density at radius 2 is 2.05 bits per heavy atom. The fourth-order valence-corrected chi connectivity index (χ4v) is 2.02. The summed E-state index contributed by atoms with van der Waals surface area (Å²) in [5.74, 6) is -1.32. The Morgan fingerprint density at radius 3 is 2.64 bits per heavy atom. The number of halogens is 2. The number of carbonyl (C=O) groups excluding carboxylic acids is 1. The summed E-state index contributed by atoms with van der Waals surface area (Å²) < 4.78 is 13.6. The van der Waals surface area contributed by atoms with Crippen LogP contribution in [0.15, 0.2) is 36.4 Å². The highest BCUT2D eigenvalue weighted by Crippen LogP contribution is 2.23. The van der Waals surface area contributed by atoms with Crippen LogP contribution in [0.4, 0.5) is 15.8 Å². The number of amides is 1. The van der Waals surface area contributed by atoms with Crippen LogP contribution < -0.4 is 11.1 Å². The molecule has 0 bridgehead atoms. The van der Waals surface area contributed by atoms with E-state index in [1.807, 2.05) is 0 Å². The monoisotopic (exact) mass is 323 g/mol. The van der Waals surface area contributed by atoms with Gasteiger partial charge in [0, 0.05) is 28.8 Å². The normalized spacial score (nSPS) is 10.3. The molecule has 22 heavy (non-hydrogen) atoms. The van der Waals surface area contributed by atoms with E-state index < -0.39 is 16.6 Å². The lowest BCUT2D eigenvalue weighted by Crippen LogP contribution is -2.12. The van der Waals surface area contributed by atoms with Crippen LogP contribution in [0.3, 0.4) is 0 Å². The lowest BCUT2D eigenvalue weighted by Gasteiger charge is -2.09. The zero-order valence-electron chi connectivity index (χ0n) is 11.2. The SMILES string of the molecule is NC(=O)c1ccc(CNc2ccc(Cl)cc2F)c([N+](=O)[O-])c1. The first kappa shape index (κ1) is 15.7. The Kier molecular flexibility index (Phi) is 4.57. The van der Waals surface area contributed by atoms with Gasteiger partial charge in [-0.3, -0.25) is 14.9 Å². The molecule has 0 aliphatic rings. The number of primary amides is 1. The highest BCUT2D eigenvalue weighted by molar-refractivity contribution is 6.30.